The summed E-state index contributed by atoms with van der Waals surface area (Å²) < 4.78 is 12.1. The van der Waals surface area contributed by atoms with Crippen molar-refractivity contribution in [1.29, 1.82) is 0 Å². The maximum atomic E-state index is 12.1. The van der Waals surface area contributed by atoms with Gasteiger partial charge in [-0.15, -0.1) is 11.3 Å². The van der Waals surface area contributed by atoms with E-state index in [0.717, 1.165) is 19.5 Å². The summed E-state index contributed by atoms with van der Waals surface area (Å²) in [4.78, 5) is 3.55. The minimum atomic E-state index is -0.824. The van der Waals surface area contributed by atoms with E-state index in [1.165, 1.54) is 10.4 Å². The van der Waals surface area contributed by atoms with Crippen LogP contribution in [0.1, 0.15) is 10.4 Å². The van der Waals surface area contributed by atoms with Crippen LogP contribution in [0.4, 0.5) is 4.39 Å². The number of alkyl halides is 1. The van der Waals surface area contributed by atoms with Gasteiger partial charge in [0, 0.05) is 24.5 Å². The van der Waals surface area contributed by atoms with E-state index >= 15 is 0 Å². The van der Waals surface area contributed by atoms with E-state index in [-0.39, 0.29) is 0 Å². The quantitative estimate of drug-likeness (QED) is 0.824. The number of halogens is 1. The molecule has 0 bridgehead atoms. The Bertz CT molecular complexity index is 302. The van der Waals surface area contributed by atoms with Gasteiger partial charge in [-0.05, 0) is 23.4 Å². The van der Waals surface area contributed by atoms with Crippen molar-refractivity contribution in [2.24, 2.45) is 0 Å². The van der Waals surface area contributed by atoms with Crippen LogP contribution in [0.2, 0.25) is 0 Å². The second kappa shape index (κ2) is 4.38. The van der Waals surface area contributed by atoms with Gasteiger partial charge in [-0.25, -0.2) is 4.39 Å². The Balaban J connectivity index is 1.94. The molecule has 1 aliphatic rings. The summed E-state index contributed by atoms with van der Waals surface area (Å²) in [6.07, 6.45) is 0.210. The van der Waals surface area contributed by atoms with Crippen LogP contribution < -0.4 is 0 Å². The smallest absolute Gasteiger partial charge is 0.117 e. The summed E-state index contributed by atoms with van der Waals surface area (Å²) >= 11 is 1.79. The van der Waals surface area contributed by atoms with Crippen molar-refractivity contribution in [2.45, 2.75) is 19.1 Å². The van der Waals surface area contributed by atoms with Crippen LogP contribution in [0.5, 0.6) is 0 Å². The SMILES string of the molecule is OC(CF)CN1CCc2sccc2C1. The number of thiophene rings is 1. The monoisotopic (exact) mass is 215 g/mol. The lowest BCUT2D eigenvalue weighted by Crippen LogP contribution is -2.36. The molecule has 0 fully saturated rings. The van der Waals surface area contributed by atoms with Gasteiger partial charge in [0.1, 0.15) is 6.67 Å². The predicted molar refractivity (Wildman–Crippen MR) is 55.3 cm³/mol. The predicted octanol–water partition coefficient (Wildman–Crippen LogP) is 1.44. The third kappa shape index (κ3) is 2.13. The molecule has 0 saturated heterocycles. The summed E-state index contributed by atoms with van der Waals surface area (Å²) in [5.41, 5.74) is 1.34. The maximum Gasteiger partial charge on any atom is 0.117 e. The molecule has 0 radical (unpaired) electrons. The van der Waals surface area contributed by atoms with Gasteiger partial charge in [0.2, 0.25) is 0 Å². The average molecular weight is 215 g/mol. The van der Waals surface area contributed by atoms with E-state index in [2.05, 4.69) is 16.3 Å². The topological polar surface area (TPSA) is 23.5 Å². The lowest BCUT2D eigenvalue weighted by Gasteiger charge is -2.27. The van der Waals surface area contributed by atoms with E-state index in [0.29, 0.717) is 6.54 Å². The van der Waals surface area contributed by atoms with E-state index in [1.807, 2.05) is 0 Å². The summed E-state index contributed by atoms with van der Waals surface area (Å²) in [7, 11) is 0. The summed E-state index contributed by atoms with van der Waals surface area (Å²) in [6.45, 7) is 1.60. The van der Waals surface area contributed by atoms with Gasteiger partial charge in [0.25, 0.3) is 0 Å². The fourth-order valence-corrected chi connectivity index (χ4v) is 2.70. The maximum absolute atomic E-state index is 12.1. The first-order valence-electron chi connectivity index (χ1n) is 4.81. The molecule has 0 spiro atoms. The number of rotatable bonds is 3. The highest BCUT2D eigenvalue weighted by Crippen LogP contribution is 2.23. The van der Waals surface area contributed by atoms with Gasteiger partial charge >= 0.3 is 0 Å². The minimum Gasteiger partial charge on any atom is -0.389 e. The molecule has 1 unspecified atom stereocenters. The fourth-order valence-electron chi connectivity index (χ4n) is 1.81. The Morgan fingerprint density at radius 1 is 1.64 bits per heavy atom. The largest absolute Gasteiger partial charge is 0.389 e. The highest BCUT2D eigenvalue weighted by Gasteiger charge is 2.19. The minimum absolute atomic E-state index is 0.450. The van der Waals surface area contributed by atoms with Gasteiger partial charge in [0.05, 0.1) is 6.10 Å². The summed E-state index contributed by atoms with van der Waals surface area (Å²) in [6, 6.07) is 2.12. The van der Waals surface area contributed by atoms with Crippen LogP contribution in [0.3, 0.4) is 0 Å². The molecule has 1 atom stereocenters. The third-order valence-corrected chi connectivity index (χ3v) is 3.56. The molecule has 0 aliphatic carbocycles. The number of hydrogen-bond donors (Lipinski definition) is 1. The number of aliphatic hydroxyl groups excluding tert-OH is 1. The van der Waals surface area contributed by atoms with Gasteiger partial charge in [-0.2, -0.15) is 0 Å². The molecule has 2 heterocycles. The van der Waals surface area contributed by atoms with Crippen molar-refractivity contribution in [2.75, 3.05) is 19.8 Å². The zero-order chi connectivity index (χ0) is 9.97. The van der Waals surface area contributed by atoms with E-state index in [1.54, 1.807) is 11.3 Å². The summed E-state index contributed by atoms with van der Waals surface area (Å²) in [5, 5.41) is 11.3. The van der Waals surface area contributed by atoms with Gasteiger partial charge in [0.15, 0.2) is 0 Å². The number of hydrogen-bond acceptors (Lipinski definition) is 3. The second-order valence-corrected chi connectivity index (χ2v) is 4.66. The van der Waals surface area contributed by atoms with E-state index in [4.69, 9.17) is 0 Å². The summed E-state index contributed by atoms with van der Waals surface area (Å²) in [5.74, 6) is 0. The number of aliphatic hydroxyl groups is 1. The second-order valence-electron chi connectivity index (χ2n) is 3.66. The molecule has 14 heavy (non-hydrogen) atoms. The zero-order valence-electron chi connectivity index (χ0n) is 7.95. The zero-order valence-corrected chi connectivity index (χ0v) is 8.76. The van der Waals surface area contributed by atoms with Crippen LogP contribution in [-0.4, -0.2) is 35.9 Å². The molecular formula is C10H14FNOS. The highest BCUT2D eigenvalue weighted by atomic mass is 32.1. The van der Waals surface area contributed by atoms with Gasteiger partial charge in [-0.1, -0.05) is 0 Å². The van der Waals surface area contributed by atoms with Crippen molar-refractivity contribution in [1.82, 2.24) is 4.90 Å². The third-order valence-electron chi connectivity index (χ3n) is 2.53. The first-order valence-corrected chi connectivity index (χ1v) is 5.69. The van der Waals surface area contributed by atoms with Crippen LogP contribution in [-0.2, 0) is 13.0 Å². The van der Waals surface area contributed by atoms with E-state index < -0.39 is 12.8 Å². The number of nitrogens with zero attached hydrogens (tertiary/aromatic N) is 1. The Labute approximate surface area is 87.0 Å². The van der Waals surface area contributed by atoms with Gasteiger partial charge in [-0.3, -0.25) is 4.90 Å². The average Bonchev–Trinajstić information content (AvgIpc) is 2.64. The molecule has 1 N–H and O–H groups in total. The lowest BCUT2D eigenvalue weighted by atomic mass is 10.1. The molecule has 0 amide bonds. The Kier molecular flexibility index (Phi) is 3.15. The lowest BCUT2D eigenvalue weighted by molar-refractivity contribution is 0.0844. The normalized spacial score (nSPS) is 19.3. The first kappa shape index (κ1) is 10.1. The van der Waals surface area contributed by atoms with Crippen molar-refractivity contribution in [3.63, 3.8) is 0 Å². The fraction of sp³-hybridized carbons (Fsp3) is 0.600. The van der Waals surface area contributed by atoms with E-state index in [9.17, 15) is 9.50 Å². The molecule has 78 valence electrons. The van der Waals surface area contributed by atoms with Crippen LogP contribution >= 0.6 is 11.3 Å². The first-order chi connectivity index (χ1) is 6.79. The molecule has 4 heteroatoms. The van der Waals surface area contributed by atoms with Crippen LogP contribution in [0, 0.1) is 0 Å². The van der Waals surface area contributed by atoms with Crippen LogP contribution in [0.15, 0.2) is 11.4 Å². The van der Waals surface area contributed by atoms with Crippen molar-refractivity contribution < 1.29 is 9.50 Å². The highest BCUT2D eigenvalue weighted by molar-refractivity contribution is 7.10. The van der Waals surface area contributed by atoms with Crippen molar-refractivity contribution >= 4 is 11.3 Å². The molecule has 0 saturated carbocycles. The molecule has 2 rings (SSSR count). The van der Waals surface area contributed by atoms with Crippen molar-refractivity contribution in [3.05, 3.63) is 21.9 Å². The standard InChI is InChI=1S/C10H14FNOS/c11-5-9(13)7-12-3-1-10-8(6-12)2-4-14-10/h2,4,9,13H,1,3,5-7H2. The molecule has 2 nitrogen and oxygen atoms in total. The van der Waals surface area contributed by atoms with Crippen LogP contribution in [0.25, 0.3) is 0 Å². The Morgan fingerprint density at radius 3 is 3.29 bits per heavy atom. The molecule has 1 aromatic rings. The van der Waals surface area contributed by atoms with Crippen molar-refractivity contribution in [3.8, 4) is 0 Å². The Hall–Kier alpha value is -0.450. The molecule has 0 aromatic carbocycles. The van der Waals surface area contributed by atoms with Gasteiger partial charge < -0.3 is 5.11 Å². The Morgan fingerprint density at radius 2 is 2.50 bits per heavy atom. The molecular weight excluding hydrogens is 201 g/mol. The molecule has 1 aromatic heterocycles. The molecule has 1 aliphatic heterocycles. The number of fused-ring (bicyclic) bond motifs is 1. The number of β-amino-alcohol motifs (C(OH)–C–C–N with tert-alkyl or cyclic N) is 1.